The van der Waals surface area contributed by atoms with Crippen molar-refractivity contribution < 1.29 is 5.11 Å². The zero-order valence-corrected chi connectivity index (χ0v) is 9.80. The van der Waals surface area contributed by atoms with Crippen LogP contribution < -0.4 is 0 Å². The highest BCUT2D eigenvalue weighted by Crippen LogP contribution is 2.18. The summed E-state index contributed by atoms with van der Waals surface area (Å²) in [5.41, 5.74) is 2.80. The Bertz CT molecular complexity index is 661. The van der Waals surface area contributed by atoms with Crippen molar-refractivity contribution in [3.8, 4) is 5.75 Å². The number of phenolic OH excluding ortho intramolecular Hbond substituents is 1. The number of rotatable bonds is 3. The highest BCUT2D eigenvalue weighted by atomic mass is 16.3. The first-order valence-corrected chi connectivity index (χ1v) is 5.89. The van der Waals surface area contributed by atoms with E-state index in [-0.39, 0.29) is 5.75 Å². The van der Waals surface area contributed by atoms with E-state index in [9.17, 15) is 5.11 Å². The summed E-state index contributed by atoms with van der Waals surface area (Å²) >= 11 is 0. The molecule has 0 fully saturated rings. The van der Waals surface area contributed by atoms with Crippen LogP contribution >= 0.6 is 0 Å². The molecular weight excluding hydrogens is 226 g/mol. The second-order valence-electron chi connectivity index (χ2n) is 4.21. The Morgan fingerprint density at radius 3 is 2.89 bits per heavy atom. The number of pyridine rings is 1. The van der Waals surface area contributed by atoms with E-state index in [1.807, 2.05) is 24.3 Å². The van der Waals surface area contributed by atoms with Gasteiger partial charge in [-0.05, 0) is 30.7 Å². The zero-order chi connectivity index (χ0) is 12.4. The van der Waals surface area contributed by atoms with E-state index in [4.69, 9.17) is 0 Å². The minimum absolute atomic E-state index is 0.252. The molecule has 18 heavy (non-hydrogen) atoms. The van der Waals surface area contributed by atoms with Gasteiger partial charge in [-0.15, -0.1) is 0 Å². The molecule has 1 aromatic carbocycles. The SMILES string of the molecule is Oc1ccc2nc(CCc3ccccn3)[nH]c2c1. The normalized spacial score (nSPS) is 10.9. The van der Waals surface area contributed by atoms with Gasteiger partial charge in [-0.25, -0.2) is 4.98 Å². The van der Waals surface area contributed by atoms with Crippen LogP contribution in [-0.2, 0) is 12.8 Å². The Balaban J connectivity index is 1.79. The van der Waals surface area contributed by atoms with Crippen LogP contribution in [-0.4, -0.2) is 20.1 Å². The van der Waals surface area contributed by atoms with E-state index in [1.165, 1.54) is 0 Å². The van der Waals surface area contributed by atoms with Gasteiger partial charge in [-0.1, -0.05) is 6.07 Å². The minimum atomic E-state index is 0.252. The second-order valence-corrected chi connectivity index (χ2v) is 4.21. The van der Waals surface area contributed by atoms with Gasteiger partial charge in [-0.3, -0.25) is 4.98 Å². The van der Waals surface area contributed by atoms with Gasteiger partial charge in [0.25, 0.3) is 0 Å². The van der Waals surface area contributed by atoms with Crippen LogP contribution in [0.4, 0.5) is 0 Å². The molecular formula is C14H13N3O. The Labute approximate surface area is 104 Å². The molecule has 4 heteroatoms. The van der Waals surface area contributed by atoms with Crippen molar-refractivity contribution >= 4 is 11.0 Å². The fourth-order valence-corrected chi connectivity index (χ4v) is 1.96. The zero-order valence-electron chi connectivity index (χ0n) is 9.80. The molecule has 0 atom stereocenters. The lowest BCUT2D eigenvalue weighted by Crippen LogP contribution is -1.95. The lowest BCUT2D eigenvalue weighted by atomic mass is 10.2. The molecule has 2 heterocycles. The van der Waals surface area contributed by atoms with Gasteiger partial charge in [0.15, 0.2) is 0 Å². The number of fused-ring (bicyclic) bond motifs is 1. The highest BCUT2D eigenvalue weighted by molar-refractivity contribution is 5.76. The summed E-state index contributed by atoms with van der Waals surface area (Å²) in [6.07, 6.45) is 3.46. The lowest BCUT2D eigenvalue weighted by molar-refractivity contribution is 0.476. The van der Waals surface area contributed by atoms with Crippen LogP contribution in [0.5, 0.6) is 5.75 Å². The first kappa shape index (κ1) is 10.8. The van der Waals surface area contributed by atoms with Crippen LogP contribution in [0.1, 0.15) is 11.5 Å². The fraction of sp³-hybridized carbons (Fsp3) is 0.143. The largest absolute Gasteiger partial charge is 0.508 e. The number of hydrogen-bond acceptors (Lipinski definition) is 3. The number of nitrogens with zero attached hydrogens (tertiary/aromatic N) is 2. The van der Waals surface area contributed by atoms with E-state index < -0.39 is 0 Å². The summed E-state index contributed by atoms with van der Waals surface area (Å²) in [6, 6.07) is 11.0. The summed E-state index contributed by atoms with van der Waals surface area (Å²) in [4.78, 5) is 12.0. The number of imidazole rings is 1. The van der Waals surface area contributed by atoms with Gasteiger partial charge < -0.3 is 10.1 Å². The molecule has 0 bridgehead atoms. The van der Waals surface area contributed by atoms with Crippen molar-refractivity contribution in [2.24, 2.45) is 0 Å². The van der Waals surface area contributed by atoms with Gasteiger partial charge >= 0.3 is 0 Å². The molecule has 0 unspecified atom stereocenters. The molecule has 0 radical (unpaired) electrons. The highest BCUT2D eigenvalue weighted by Gasteiger charge is 2.04. The maximum Gasteiger partial charge on any atom is 0.117 e. The number of hydrogen-bond donors (Lipinski definition) is 2. The van der Waals surface area contributed by atoms with E-state index in [1.54, 1.807) is 18.3 Å². The number of benzene rings is 1. The standard InChI is InChI=1S/C14H13N3O/c18-11-5-6-12-13(9-11)17-14(16-12)7-4-10-3-1-2-8-15-10/h1-3,5-6,8-9,18H,4,7H2,(H,16,17). The average Bonchev–Trinajstić information content (AvgIpc) is 2.79. The van der Waals surface area contributed by atoms with E-state index in [0.29, 0.717) is 0 Å². The summed E-state index contributed by atoms with van der Waals surface area (Å²) < 4.78 is 0. The van der Waals surface area contributed by atoms with Crippen LogP contribution in [0.2, 0.25) is 0 Å². The Kier molecular flexibility index (Phi) is 2.68. The fourth-order valence-electron chi connectivity index (χ4n) is 1.96. The lowest BCUT2D eigenvalue weighted by Gasteiger charge is -1.96. The van der Waals surface area contributed by atoms with E-state index in [2.05, 4.69) is 15.0 Å². The van der Waals surface area contributed by atoms with Gasteiger partial charge in [0.1, 0.15) is 11.6 Å². The average molecular weight is 239 g/mol. The molecule has 0 saturated heterocycles. The number of nitrogens with one attached hydrogen (secondary N) is 1. The second kappa shape index (κ2) is 4.49. The Morgan fingerprint density at radius 1 is 1.11 bits per heavy atom. The van der Waals surface area contributed by atoms with E-state index in [0.717, 1.165) is 35.4 Å². The maximum atomic E-state index is 9.39. The van der Waals surface area contributed by atoms with Crippen LogP contribution in [0, 0.1) is 0 Å². The molecule has 0 aliphatic carbocycles. The summed E-state index contributed by atoms with van der Waals surface area (Å²) in [6.45, 7) is 0. The topological polar surface area (TPSA) is 61.8 Å². The molecule has 0 amide bonds. The van der Waals surface area contributed by atoms with Crippen molar-refractivity contribution in [2.45, 2.75) is 12.8 Å². The molecule has 2 aromatic heterocycles. The molecule has 0 aliphatic rings. The summed E-state index contributed by atoms with van der Waals surface area (Å²) in [5, 5.41) is 9.39. The third kappa shape index (κ3) is 2.18. The smallest absolute Gasteiger partial charge is 0.117 e. The monoisotopic (exact) mass is 239 g/mol. The van der Waals surface area contributed by atoms with Crippen molar-refractivity contribution in [3.05, 3.63) is 54.1 Å². The Hall–Kier alpha value is -2.36. The van der Waals surface area contributed by atoms with Gasteiger partial charge in [0, 0.05) is 24.4 Å². The third-order valence-electron chi connectivity index (χ3n) is 2.86. The van der Waals surface area contributed by atoms with Crippen molar-refractivity contribution in [2.75, 3.05) is 0 Å². The predicted octanol–water partition coefficient (Wildman–Crippen LogP) is 2.45. The molecule has 2 N–H and O–H groups in total. The number of H-pyrrole nitrogens is 1. The minimum Gasteiger partial charge on any atom is -0.508 e. The molecule has 3 rings (SSSR count). The summed E-state index contributed by atoms with van der Waals surface area (Å²) in [5.74, 6) is 1.17. The van der Waals surface area contributed by atoms with Crippen LogP contribution in [0.15, 0.2) is 42.6 Å². The first-order valence-electron chi connectivity index (χ1n) is 5.89. The first-order chi connectivity index (χ1) is 8.81. The number of aromatic amines is 1. The molecule has 0 saturated carbocycles. The maximum absolute atomic E-state index is 9.39. The van der Waals surface area contributed by atoms with Gasteiger partial charge in [0.05, 0.1) is 11.0 Å². The Morgan fingerprint density at radius 2 is 2.06 bits per heavy atom. The molecule has 90 valence electrons. The van der Waals surface area contributed by atoms with E-state index >= 15 is 0 Å². The van der Waals surface area contributed by atoms with Crippen LogP contribution in [0.3, 0.4) is 0 Å². The molecule has 4 nitrogen and oxygen atoms in total. The quantitative estimate of drug-likeness (QED) is 0.738. The van der Waals surface area contributed by atoms with Crippen molar-refractivity contribution in [3.63, 3.8) is 0 Å². The summed E-state index contributed by atoms with van der Waals surface area (Å²) in [7, 11) is 0. The van der Waals surface area contributed by atoms with Gasteiger partial charge in [0.2, 0.25) is 0 Å². The number of aromatic hydroxyl groups is 1. The number of aromatic nitrogens is 3. The molecule has 3 aromatic rings. The molecule has 0 spiro atoms. The van der Waals surface area contributed by atoms with Crippen molar-refractivity contribution in [1.82, 2.24) is 15.0 Å². The van der Waals surface area contributed by atoms with Crippen molar-refractivity contribution in [1.29, 1.82) is 0 Å². The number of aryl methyl sites for hydroxylation is 2. The third-order valence-corrected chi connectivity index (χ3v) is 2.86. The predicted molar refractivity (Wildman–Crippen MR) is 69.4 cm³/mol. The van der Waals surface area contributed by atoms with Gasteiger partial charge in [-0.2, -0.15) is 0 Å². The van der Waals surface area contributed by atoms with Crippen LogP contribution in [0.25, 0.3) is 11.0 Å². The number of phenols is 1. The molecule has 0 aliphatic heterocycles.